The fraction of sp³-hybridized carbons (Fsp3) is 0.667. The van der Waals surface area contributed by atoms with Gasteiger partial charge in [0.1, 0.15) is 5.82 Å². The molecule has 1 aromatic heterocycles. The third-order valence-electron chi connectivity index (χ3n) is 3.44. The van der Waals surface area contributed by atoms with Gasteiger partial charge in [0.25, 0.3) is 0 Å². The lowest BCUT2D eigenvalue weighted by Gasteiger charge is -2.38. The van der Waals surface area contributed by atoms with Gasteiger partial charge in [-0.2, -0.15) is 4.98 Å². The minimum atomic E-state index is 0.469. The van der Waals surface area contributed by atoms with Gasteiger partial charge in [0.05, 0.1) is 0 Å². The molecule has 1 aromatic rings. The molecule has 1 aliphatic carbocycles. The van der Waals surface area contributed by atoms with Crippen molar-refractivity contribution in [3.05, 3.63) is 11.8 Å². The van der Waals surface area contributed by atoms with Crippen LogP contribution in [0, 0.1) is 12.3 Å². The van der Waals surface area contributed by atoms with Crippen molar-refractivity contribution in [1.82, 2.24) is 9.97 Å². The maximum absolute atomic E-state index is 4.42. The molecule has 1 heterocycles. The molecule has 0 bridgehead atoms. The molecule has 0 spiro atoms. The molecule has 4 nitrogen and oxygen atoms in total. The molecule has 4 heteroatoms. The van der Waals surface area contributed by atoms with Crippen LogP contribution in [0.5, 0.6) is 0 Å². The summed E-state index contributed by atoms with van der Waals surface area (Å²) in [6.45, 7) is 5.37. The molecule has 0 saturated heterocycles. The highest BCUT2D eigenvalue weighted by molar-refractivity contribution is 5.46. The monoisotopic (exact) mass is 220 g/mol. The van der Waals surface area contributed by atoms with E-state index in [4.69, 9.17) is 0 Å². The normalized spacial score (nSPS) is 17.7. The highest BCUT2D eigenvalue weighted by atomic mass is 15.1. The second kappa shape index (κ2) is 4.28. The Morgan fingerprint density at radius 3 is 2.75 bits per heavy atom. The number of anilines is 2. The molecule has 0 aromatic carbocycles. The van der Waals surface area contributed by atoms with Crippen LogP contribution < -0.4 is 10.6 Å². The molecule has 2 N–H and O–H groups in total. The Morgan fingerprint density at radius 1 is 1.44 bits per heavy atom. The molecular formula is C12H20N4. The zero-order chi connectivity index (χ0) is 11.6. The summed E-state index contributed by atoms with van der Waals surface area (Å²) in [6, 6.07) is 0. The van der Waals surface area contributed by atoms with Crippen LogP contribution in [0.3, 0.4) is 0 Å². The maximum Gasteiger partial charge on any atom is 0.224 e. The summed E-state index contributed by atoms with van der Waals surface area (Å²) >= 11 is 0. The van der Waals surface area contributed by atoms with Crippen molar-refractivity contribution < 1.29 is 0 Å². The van der Waals surface area contributed by atoms with E-state index in [1.165, 1.54) is 19.3 Å². The van der Waals surface area contributed by atoms with Gasteiger partial charge in [0.15, 0.2) is 0 Å². The van der Waals surface area contributed by atoms with Gasteiger partial charge in [-0.1, -0.05) is 13.3 Å². The minimum absolute atomic E-state index is 0.469. The first-order chi connectivity index (χ1) is 7.63. The van der Waals surface area contributed by atoms with E-state index in [-0.39, 0.29) is 0 Å². The lowest BCUT2D eigenvalue weighted by atomic mass is 9.70. The van der Waals surface area contributed by atoms with E-state index < -0.39 is 0 Å². The third kappa shape index (κ3) is 2.26. The molecule has 0 aliphatic heterocycles. The van der Waals surface area contributed by atoms with Crippen LogP contribution in [-0.4, -0.2) is 23.6 Å². The zero-order valence-corrected chi connectivity index (χ0v) is 10.3. The van der Waals surface area contributed by atoms with Crippen LogP contribution in [0.4, 0.5) is 11.8 Å². The Kier molecular flexibility index (Phi) is 2.99. The molecule has 1 saturated carbocycles. The van der Waals surface area contributed by atoms with E-state index in [1.54, 1.807) is 0 Å². The highest BCUT2D eigenvalue weighted by Gasteiger charge is 2.31. The van der Waals surface area contributed by atoms with Crippen LogP contribution in [0.2, 0.25) is 0 Å². The predicted molar refractivity (Wildman–Crippen MR) is 66.8 cm³/mol. The summed E-state index contributed by atoms with van der Waals surface area (Å²) < 4.78 is 0. The Hall–Kier alpha value is -1.32. The second-order valence-corrected chi connectivity index (χ2v) is 4.99. The molecule has 0 unspecified atom stereocenters. The number of rotatable bonds is 4. The number of aromatic nitrogens is 2. The van der Waals surface area contributed by atoms with Crippen molar-refractivity contribution in [2.75, 3.05) is 24.2 Å². The number of aryl methyl sites for hydroxylation is 1. The van der Waals surface area contributed by atoms with Gasteiger partial charge in [0.2, 0.25) is 5.95 Å². The van der Waals surface area contributed by atoms with E-state index in [0.29, 0.717) is 11.4 Å². The van der Waals surface area contributed by atoms with E-state index in [1.807, 2.05) is 20.2 Å². The quantitative estimate of drug-likeness (QED) is 0.818. The fourth-order valence-corrected chi connectivity index (χ4v) is 2.00. The van der Waals surface area contributed by atoms with Crippen molar-refractivity contribution >= 4 is 11.8 Å². The van der Waals surface area contributed by atoms with Gasteiger partial charge >= 0.3 is 0 Å². The van der Waals surface area contributed by atoms with Crippen LogP contribution in [-0.2, 0) is 0 Å². The van der Waals surface area contributed by atoms with Crippen molar-refractivity contribution in [3.63, 3.8) is 0 Å². The van der Waals surface area contributed by atoms with Crippen LogP contribution in [0.25, 0.3) is 0 Å². The molecule has 16 heavy (non-hydrogen) atoms. The molecule has 0 amide bonds. The molecule has 1 fully saturated rings. The predicted octanol–water partition coefficient (Wildman–Crippen LogP) is 2.43. The van der Waals surface area contributed by atoms with E-state index >= 15 is 0 Å². The van der Waals surface area contributed by atoms with Crippen molar-refractivity contribution in [2.45, 2.75) is 33.1 Å². The van der Waals surface area contributed by atoms with Gasteiger partial charge < -0.3 is 10.6 Å². The fourth-order valence-electron chi connectivity index (χ4n) is 2.00. The average Bonchev–Trinajstić information content (AvgIpc) is 2.25. The van der Waals surface area contributed by atoms with Crippen molar-refractivity contribution in [1.29, 1.82) is 0 Å². The average molecular weight is 220 g/mol. The lowest BCUT2D eigenvalue weighted by molar-refractivity contribution is 0.180. The summed E-state index contributed by atoms with van der Waals surface area (Å²) in [6.07, 6.45) is 5.86. The summed E-state index contributed by atoms with van der Waals surface area (Å²) in [5.74, 6) is 1.62. The summed E-state index contributed by atoms with van der Waals surface area (Å²) in [5, 5.41) is 6.40. The molecule has 1 aliphatic rings. The zero-order valence-electron chi connectivity index (χ0n) is 10.3. The molecule has 88 valence electrons. The smallest absolute Gasteiger partial charge is 0.224 e. The summed E-state index contributed by atoms with van der Waals surface area (Å²) in [4.78, 5) is 8.59. The Bertz CT molecular complexity index is 371. The number of nitrogens with one attached hydrogen (secondary N) is 2. The van der Waals surface area contributed by atoms with Gasteiger partial charge in [0, 0.05) is 25.4 Å². The van der Waals surface area contributed by atoms with Crippen molar-refractivity contribution in [3.8, 4) is 0 Å². The maximum atomic E-state index is 4.42. The lowest BCUT2D eigenvalue weighted by Crippen LogP contribution is -2.33. The molecule has 0 atom stereocenters. The Balaban J connectivity index is 2.02. The summed E-state index contributed by atoms with van der Waals surface area (Å²) in [5.41, 5.74) is 1.57. The molecule has 0 radical (unpaired) electrons. The topological polar surface area (TPSA) is 49.8 Å². The van der Waals surface area contributed by atoms with Gasteiger partial charge in [-0.25, -0.2) is 4.98 Å². The van der Waals surface area contributed by atoms with Crippen LogP contribution in [0.15, 0.2) is 6.20 Å². The minimum Gasteiger partial charge on any atom is -0.369 e. The highest BCUT2D eigenvalue weighted by Crippen LogP contribution is 2.40. The van der Waals surface area contributed by atoms with E-state index in [0.717, 1.165) is 17.9 Å². The number of hydrogen-bond acceptors (Lipinski definition) is 4. The second-order valence-electron chi connectivity index (χ2n) is 4.99. The Labute approximate surface area is 96.9 Å². The van der Waals surface area contributed by atoms with Crippen LogP contribution >= 0.6 is 0 Å². The van der Waals surface area contributed by atoms with Crippen molar-refractivity contribution in [2.24, 2.45) is 5.41 Å². The van der Waals surface area contributed by atoms with E-state index in [2.05, 4.69) is 27.5 Å². The SMILES string of the molecule is CNc1ncc(C)c(NCC2(C)CCC2)n1. The number of hydrogen-bond donors (Lipinski definition) is 2. The first kappa shape index (κ1) is 11.2. The Morgan fingerprint density at radius 2 is 2.19 bits per heavy atom. The summed E-state index contributed by atoms with van der Waals surface area (Å²) in [7, 11) is 1.84. The van der Waals surface area contributed by atoms with Crippen LogP contribution in [0.1, 0.15) is 31.7 Å². The molecule has 2 rings (SSSR count). The van der Waals surface area contributed by atoms with Gasteiger partial charge in [-0.05, 0) is 25.2 Å². The largest absolute Gasteiger partial charge is 0.369 e. The third-order valence-corrected chi connectivity index (χ3v) is 3.44. The van der Waals surface area contributed by atoms with Gasteiger partial charge in [-0.3, -0.25) is 0 Å². The van der Waals surface area contributed by atoms with E-state index in [9.17, 15) is 0 Å². The molecular weight excluding hydrogens is 200 g/mol. The van der Waals surface area contributed by atoms with Gasteiger partial charge in [-0.15, -0.1) is 0 Å². The first-order valence-electron chi connectivity index (χ1n) is 5.88. The number of nitrogens with zero attached hydrogens (tertiary/aromatic N) is 2. The first-order valence-corrected chi connectivity index (χ1v) is 5.88. The standard InChI is InChI=1S/C12H20N4/c1-9-7-14-11(13-3)16-10(9)15-8-12(2)5-4-6-12/h7H,4-6,8H2,1-3H3,(H2,13,14,15,16).